The summed E-state index contributed by atoms with van der Waals surface area (Å²) in [6.45, 7) is 4.16. The number of methoxy groups -OCH3 is 2. The number of hydrogen-bond acceptors (Lipinski definition) is 11. The number of likely N-dealkylation sites (N-methyl/N-ethyl adjacent to an activating group) is 1. The average Bonchev–Trinajstić information content (AvgIpc) is 2.88. The van der Waals surface area contributed by atoms with Crippen LogP contribution in [0.15, 0.2) is 45.0 Å². The monoisotopic (exact) mass is 526 g/mol. The van der Waals surface area contributed by atoms with E-state index in [2.05, 4.69) is 0 Å². The maximum Gasteiger partial charge on any atom is 0.302 e. The zero-order chi connectivity index (χ0) is 27.8. The lowest BCUT2D eigenvalue weighted by molar-refractivity contribution is -0.171. The van der Waals surface area contributed by atoms with E-state index < -0.39 is 47.9 Å². The van der Waals surface area contributed by atoms with Crippen LogP contribution in [0.1, 0.15) is 33.6 Å². The molecule has 1 fully saturated rings. The lowest BCUT2D eigenvalue weighted by atomic mass is 9.68. The first-order chi connectivity index (χ1) is 18.0. The molecule has 0 unspecified atom stereocenters. The van der Waals surface area contributed by atoms with Gasteiger partial charge in [-0.3, -0.25) is 33.8 Å². The summed E-state index contributed by atoms with van der Waals surface area (Å²) in [5.41, 5.74) is 1.59. The minimum Gasteiger partial charge on any atom is -0.489 e. The molecule has 1 saturated heterocycles. The Morgan fingerprint density at radius 1 is 0.868 bits per heavy atom. The molecular weight excluding hydrogens is 496 g/mol. The Morgan fingerprint density at radius 3 is 2.03 bits per heavy atom. The fourth-order valence-electron chi connectivity index (χ4n) is 6.65. The molecule has 38 heavy (non-hydrogen) atoms. The van der Waals surface area contributed by atoms with Gasteiger partial charge in [0, 0.05) is 46.4 Å². The van der Waals surface area contributed by atoms with E-state index in [9.17, 15) is 29.1 Å². The predicted octanol–water partition coefficient (Wildman–Crippen LogP) is 0.135. The summed E-state index contributed by atoms with van der Waals surface area (Å²) in [6.07, 6.45) is -1.08. The lowest BCUT2D eigenvalue weighted by Crippen LogP contribution is -2.74. The Morgan fingerprint density at radius 2 is 1.42 bits per heavy atom. The number of aliphatic hydroxyl groups excluding tert-OH is 1. The molecule has 2 aliphatic carbocycles. The number of esters is 1. The number of ketones is 4. The standard InChI is InChI=1S/C27H30N2O9/c1-10-11(2)22(32)18-13(21(10)31)7-15-20-19-14(23(33)25(36-5)26(37-6)24(19)34)8-16(28(20)4)27(35)29(15)17(18)9-38-12(3)30/h15-17,20,27,35H,7-9H2,1-6H3/t15-,16-,17-,20-,27-/m0/s1. The van der Waals surface area contributed by atoms with Crippen LogP contribution in [-0.4, -0.2) is 102 Å². The fourth-order valence-corrected chi connectivity index (χ4v) is 6.65. The fraction of sp³-hybridized carbons (Fsp3) is 0.519. The van der Waals surface area contributed by atoms with Gasteiger partial charge in [-0.15, -0.1) is 0 Å². The largest absolute Gasteiger partial charge is 0.489 e. The first kappa shape index (κ1) is 26.2. The van der Waals surface area contributed by atoms with Gasteiger partial charge in [0.15, 0.2) is 11.6 Å². The summed E-state index contributed by atoms with van der Waals surface area (Å²) in [4.78, 5) is 69.3. The Kier molecular flexibility index (Phi) is 6.28. The van der Waals surface area contributed by atoms with E-state index in [0.717, 1.165) is 0 Å². The molecule has 0 amide bonds. The Balaban J connectivity index is 1.69. The second kappa shape index (κ2) is 9.11. The summed E-state index contributed by atoms with van der Waals surface area (Å²) in [7, 11) is 4.33. The van der Waals surface area contributed by atoms with Crippen LogP contribution in [0.5, 0.6) is 0 Å². The number of aliphatic hydroxyl groups is 1. The van der Waals surface area contributed by atoms with Gasteiger partial charge in [-0.2, -0.15) is 0 Å². The highest BCUT2D eigenvalue weighted by Gasteiger charge is 2.59. The molecule has 0 saturated carbocycles. The molecule has 3 aliphatic heterocycles. The SMILES string of the molecule is COC1=C(OC)C(=O)C2=C(C[C@H]3[C@H](O)N4[C@@H](COC(C)=O)C5=C(C[C@H]4[C@@H]2N3C)C(=O)C(C)=C(C)C5=O)C1=O. The third kappa shape index (κ3) is 3.41. The van der Waals surface area contributed by atoms with E-state index in [0.29, 0.717) is 11.1 Å². The molecule has 5 atom stereocenters. The third-order valence-corrected chi connectivity index (χ3v) is 8.58. The van der Waals surface area contributed by atoms with Crippen LogP contribution in [0, 0.1) is 0 Å². The Labute approximate surface area is 219 Å². The smallest absolute Gasteiger partial charge is 0.302 e. The molecule has 0 aromatic rings. The van der Waals surface area contributed by atoms with Crippen molar-refractivity contribution in [2.75, 3.05) is 27.9 Å². The van der Waals surface area contributed by atoms with Gasteiger partial charge in [-0.1, -0.05) is 0 Å². The second-order valence-electron chi connectivity index (χ2n) is 10.2. The van der Waals surface area contributed by atoms with E-state index >= 15 is 0 Å². The molecule has 0 radical (unpaired) electrons. The summed E-state index contributed by atoms with van der Waals surface area (Å²) in [5, 5.41) is 11.7. The number of carbonyl (C=O) groups is 5. The molecule has 0 aromatic carbocycles. The van der Waals surface area contributed by atoms with Crippen molar-refractivity contribution < 1.29 is 43.3 Å². The molecule has 5 rings (SSSR count). The van der Waals surface area contributed by atoms with Crippen LogP contribution < -0.4 is 0 Å². The van der Waals surface area contributed by atoms with Crippen molar-refractivity contribution in [1.29, 1.82) is 0 Å². The summed E-state index contributed by atoms with van der Waals surface area (Å²) < 4.78 is 15.8. The number of ether oxygens (including phenoxy) is 3. The number of fused-ring (bicyclic) bond motifs is 5. The summed E-state index contributed by atoms with van der Waals surface area (Å²) in [5.74, 6) is -2.56. The van der Waals surface area contributed by atoms with Gasteiger partial charge in [0.25, 0.3) is 0 Å². The van der Waals surface area contributed by atoms with E-state index in [1.54, 1.807) is 25.8 Å². The first-order valence-corrected chi connectivity index (χ1v) is 12.4. The van der Waals surface area contributed by atoms with Crippen LogP contribution in [0.25, 0.3) is 0 Å². The highest BCUT2D eigenvalue weighted by Crippen LogP contribution is 2.48. The normalized spacial score (nSPS) is 31.9. The van der Waals surface area contributed by atoms with Gasteiger partial charge in [-0.05, 0) is 33.7 Å². The molecule has 1 N–H and O–H groups in total. The van der Waals surface area contributed by atoms with Crippen molar-refractivity contribution >= 4 is 29.1 Å². The zero-order valence-corrected chi connectivity index (χ0v) is 22.1. The molecule has 11 heteroatoms. The molecule has 5 aliphatic rings. The number of carbonyl (C=O) groups excluding carboxylic acids is 5. The van der Waals surface area contributed by atoms with Crippen molar-refractivity contribution in [1.82, 2.24) is 9.80 Å². The first-order valence-electron chi connectivity index (χ1n) is 12.4. The second-order valence-corrected chi connectivity index (χ2v) is 10.2. The minimum atomic E-state index is -1.19. The average molecular weight is 527 g/mol. The molecular formula is C27H30N2O9. The van der Waals surface area contributed by atoms with Crippen LogP contribution in [0.2, 0.25) is 0 Å². The van der Waals surface area contributed by atoms with Gasteiger partial charge >= 0.3 is 5.97 Å². The van der Waals surface area contributed by atoms with Gasteiger partial charge < -0.3 is 19.3 Å². The number of hydrogen-bond donors (Lipinski definition) is 1. The van der Waals surface area contributed by atoms with Gasteiger partial charge in [0.2, 0.25) is 23.1 Å². The number of nitrogens with zero attached hydrogens (tertiary/aromatic N) is 2. The molecule has 2 bridgehead atoms. The quantitative estimate of drug-likeness (QED) is 0.395. The topological polar surface area (TPSA) is 140 Å². The number of allylic oxidation sites excluding steroid dienone is 4. The number of rotatable bonds is 4. The molecule has 0 spiro atoms. The van der Waals surface area contributed by atoms with Crippen molar-refractivity contribution in [3.63, 3.8) is 0 Å². The van der Waals surface area contributed by atoms with Crippen LogP contribution in [0.3, 0.4) is 0 Å². The molecule has 0 aromatic heterocycles. The van der Waals surface area contributed by atoms with Crippen molar-refractivity contribution in [3.8, 4) is 0 Å². The molecule has 202 valence electrons. The minimum absolute atomic E-state index is 0.0538. The zero-order valence-electron chi connectivity index (χ0n) is 22.1. The number of Topliss-reactive ketones (excluding diaryl/α,β-unsaturated/α-hetero) is 4. The summed E-state index contributed by atoms with van der Waals surface area (Å²) >= 11 is 0. The Bertz CT molecular complexity index is 1330. The van der Waals surface area contributed by atoms with Crippen molar-refractivity contribution in [2.24, 2.45) is 0 Å². The maximum absolute atomic E-state index is 13.7. The highest BCUT2D eigenvalue weighted by atomic mass is 16.5. The predicted molar refractivity (Wildman–Crippen MR) is 130 cm³/mol. The third-order valence-electron chi connectivity index (χ3n) is 8.58. The van der Waals surface area contributed by atoms with Crippen LogP contribution in [-0.2, 0) is 38.2 Å². The molecule has 3 heterocycles. The lowest BCUT2D eigenvalue weighted by Gasteiger charge is -2.60. The van der Waals surface area contributed by atoms with Crippen molar-refractivity contribution in [3.05, 3.63) is 45.0 Å². The van der Waals surface area contributed by atoms with Gasteiger partial charge in [0.1, 0.15) is 12.8 Å². The van der Waals surface area contributed by atoms with E-state index in [1.807, 2.05) is 4.90 Å². The highest BCUT2D eigenvalue weighted by molar-refractivity contribution is 6.26. The van der Waals surface area contributed by atoms with E-state index in [-0.39, 0.29) is 64.8 Å². The number of piperazine rings is 1. The molecule has 11 nitrogen and oxygen atoms in total. The Hall–Kier alpha value is -3.41. The van der Waals surface area contributed by atoms with E-state index in [1.165, 1.54) is 21.1 Å². The van der Waals surface area contributed by atoms with E-state index in [4.69, 9.17) is 14.2 Å². The van der Waals surface area contributed by atoms with Crippen LogP contribution >= 0.6 is 0 Å². The summed E-state index contributed by atoms with van der Waals surface area (Å²) in [6, 6.07) is -2.93. The van der Waals surface area contributed by atoms with Gasteiger partial charge in [-0.25, -0.2) is 0 Å². The maximum atomic E-state index is 13.7. The van der Waals surface area contributed by atoms with Crippen LogP contribution in [0.4, 0.5) is 0 Å². The van der Waals surface area contributed by atoms with Crippen molar-refractivity contribution in [2.45, 2.75) is 64.0 Å². The van der Waals surface area contributed by atoms with Gasteiger partial charge in [0.05, 0.1) is 32.3 Å².